The Kier molecular flexibility index (Phi) is 11.4. The number of methoxy groups -OCH3 is 1. The highest BCUT2D eigenvalue weighted by Crippen LogP contribution is 2.25. The van der Waals surface area contributed by atoms with E-state index in [0.29, 0.717) is 25.6 Å². The van der Waals surface area contributed by atoms with Gasteiger partial charge in [0.25, 0.3) is 0 Å². The van der Waals surface area contributed by atoms with Crippen LogP contribution in [0.25, 0.3) is 0 Å². The summed E-state index contributed by atoms with van der Waals surface area (Å²) in [5.74, 6) is 1.57. The summed E-state index contributed by atoms with van der Waals surface area (Å²) in [4.78, 5) is 6.87. The molecule has 1 heterocycles. The lowest BCUT2D eigenvalue weighted by atomic mass is 9.84. The Morgan fingerprint density at radius 1 is 1.23 bits per heavy atom. The molecule has 0 amide bonds. The highest BCUT2D eigenvalue weighted by molar-refractivity contribution is 14.0. The summed E-state index contributed by atoms with van der Waals surface area (Å²) >= 11 is 0. The second kappa shape index (κ2) is 12.7. The second-order valence-electron chi connectivity index (χ2n) is 8.55. The van der Waals surface area contributed by atoms with Crippen LogP contribution < -0.4 is 15.4 Å². The fraction of sp³-hybridized carbons (Fsp3) is 0.682. The van der Waals surface area contributed by atoms with Gasteiger partial charge in [-0.2, -0.15) is 0 Å². The third kappa shape index (κ3) is 8.95. The van der Waals surface area contributed by atoms with Gasteiger partial charge in [0.05, 0.1) is 32.5 Å². The number of hydrogen-bond acceptors (Lipinski definition) is 5. The fourth-order valence-corrected chi connectivity index (χ4v) is 3.33. The van der Waals surface area contributed by atoms with Crippen molar-refractivity contribution in [3.63, 3.8) is 0 Å². The van der Waals surface area contributed by atoms with E-state index in [9.17, 15) is 5.11 Å². The highest BCUT2D eigenvalue weighted by Gasteiger charge is 2.26. The molecule has 0 spiro atoms. The predicted molar refractivity (Wildman–Crippen MR) is 133 cm³/mol. The van der Waals surface area contributed by atoms with E-state index < -0.39 is 5.60 Å². The smallest absolute Gasteiger partial charge is 0.191 e. The summed E-state index contributed by atoms with van der Waals surface area (Å²) < 4.78 is 10.7. The average Bonchev–Trinajstić information content (AvgIpc) is 2.70. The minimum atomic E-state index is -0.887. The number of hydrogen-bond donors (Lipinski definition) is 3. The number of guanidine groups is 1. The highest BCUT2D eigenvalue weighted by atomic mass is 127. The van der Waals surface area contributed by atoms with Crippen LogP contribution in [0.4, 0.5) is 0 Å². The zero-order valence-electron chi connectivity index (χ0n) is 19.0. The number of rotatable bonds is 9. The molecular weight excluding hydrogens is 495 g/mol. The molecule has 0 bridgehead atoms. The van der Waals surface area contributed by atoms with Crippen LogP contribution in [-0.2, 0) is 10.2 Å². The zero-order chi connectivity index (χ0) is 21.3. The lowest BCUT2D eigenvalue weighted by Crippen LogP contribution is -2.48. The summed E-state index contributed by atoms with van der Waals surface area (Å²) in [6.07, 6.45) is 0. The first kappa shape index (κ1) is 26.9. The van der Waals surface area contributed by atoms with Crippen LogP contribution >= 0.6 is 24.0 Å². The lowest BCUT2D eigenvalue weighted by molar-refractivity contribution is -0.0180. The number of nitrogens with zero attached hydrogens (tertiary/aromatic N) is 2. The van der Waals surface area contributed by atoms with Crippen molar-refractivity contribution in [3.05, 3.63) is 29.8 Å². The third-order valence-corrected chi connectivity index (χ3v) is 5.14. The van der Waals surface area contributed by atoms with E-state index in [2.05, 4.69) is 46.5 Å². The standard InChI is InChI=1S/C22H38N4O3.HI/c1-6-23-20(25-16-22(4,27)17-26-10-12-29-13-11-26)24-15-21(2,3)18-8-7-9-19(14-18)28-5;/h7-9,14,27H,6,10-13,15-17H2,1-5H3,(H2,23,24,25);1H. The Balaban J connectivity index is 0.00000450. The van der Waals surface area contributed by atoms with Gasteiger partial charge in [0.15, 0.2) is 5.96 Å². The van der Waals surface area contributed by atoms with Gasteiger partial charge in [-0.15, -0.1) is 24.0 Å². The van der Waals surface area contributed by atoms with E-state index >= 15 is 0 Å². The zero-order valence-corrected chi connectivity index (χ0v) is 21.4. The molecule has 1 aliphatic rings. The van der Waals surface area contributed by atoms with E-state index in [0.717, 1.165) is 38.6 Å². The number of morpholine rings is 1. The monoisotopic (exact) mass is 534 g/mol. The Morgan fingerprint density at radius 3 is 2.57 bits per heavy atom. The SMILES string of the molecule is CCNC(=NCC(C)(O)CN1CCOCC1)NCC(C)(C)c1cccc(OC)c1.I. The summed E-state index contributed by atoms with van der Waals surface area (Å²) in [6.45, 7) is 13.8. The molecule has 7 nitrogen and oxygen atoms in total. The molecule has 1 fully saturated rings. The number of aliphatic imine (C=N–C) groups is 1. The molecular formula is C22H39IN4O3. The fourth-order valence-electron chi connectivity index (χ4n) is 3.33. The first-order chi connectivity index (χ1) is 13.8. The topological polar surface area (TPSA) is 78.4 Å². The van der Waals surface area contributed by atoms with E-state index in [-0.39, 0.29) is 29.4 Å². The maximum atomic E-state index is 10.8. The van der Waals surface area contributed by atoms with Crippen LogP contribution in [0, 0.1) is 0 Å². The van der Waals surface area contributed by atoms with Gasteiger partial charge in [-0.25, -0.2) is 0 Å². The third-order valence-electron chi connectivity index (χ3n) is 5.14. The van der Waals surface area contributed by atoms with Crippen LogP contribution in [0.3, 0.4) is 0 Å². The van der Waals surface area contributed by atoms with Gasteiger partial charge in [-0.1, -0.05) is 26.0 Å². The van der Waals surface area contributed by atoms with Gasteiger partial charge in [-0.05, 0) is 31.5 Å². The minimum Gasteiger partial charge on any atom is -0.497 e. The Labute approximate surface area is 198 Å². The summed E-state index contributed by atoms with van der Waals surface area (Å²) in [5.41, 5.74) is 0.197. The molecule has 1 unspecified atom stereocenters. The van der Waals surface area contributed by atoms with Gasteiger partial charge >= 0.3 is 0 Å². The number of benzene rings is 1. The van der Waals surface area contributed by atoms with Crippen molar-refractivity contribution in [1.29, 1.82) is 0 Å². The number of aliphatic hydroxyl groups is 1. The maximum Gasteiger partial charge on any atom is 0.191 e. The van der Waals surface area contributed by atoms with Crippen LogP contribution in [0.2, 0.25) is 0 Å². The Bertz CT molecular complexity index is 662. The van der Waals surface area contributed by atoms with Gasteiger partial charge in [0.2, 0.25) is 0 Å². The van der Waals surface area contributed by atoms with E-state index in [4.69, 9.17) is 9.47 Å². The van der Waals surface area contributed by atoms with Gasteiger partial charge < -0.3 is 25.2 Å². The minimum absolute atomic E-state index is 0. The maximum absolute atomic E-state index is 10.8. The number of ether oxygens (including phenoxy) is 2. The van der Waals surface area contributed by atoms with E-state index in [1.54, 1.807) is 7.11 Å². The van der Waals surface area contributed by atoms with E-state index in [1.807, 2.05) is 26.0 Å². The van der Waals surface area contributed by atoms with Crippen LogP contribution in [0.5, 0.6) is 5.75 Å². The largest absolute Gasteiger partial charge is 0.497 e. The predicted octanol–water partition coefficient (Wildman–Crippen LogP) is 2.23. The van der Waals surface area contributed by atoms with Gasteiger partial charge in [0.1, 0.15) is 5.75 Å². The molecule has 1 aliphatic heterocycles. The van der Waals surface area contributed by atoms with Crippen molar-refractivity contribution in [1.82, 2.24) is 15.5 Å². The molecule has 0 aromatic heterocycles. The molecule has 0 saturated carbocycles. The first-order valence-electron chi connectivity index (χ1n) is 10.4. The Morgan fingerprint density at radius 2 is 1.93 bits per heavy atom. The molecule has 3 N–H and O–H groups in total. The molecule has 8 heteroatoms. The van der Waals surface area contributed by atoms with Crippen LogP contribution in [-0.4, -0.2) is 81.2 Å². The molecule has 0 radical (unpaired) electrons. The lowest BCUT2D eigenvalue weighted by Gasteiger charge is -2.33. The van der Waals surface area contributed by atoms with Crippen molar-refractivity contribution in [2.75, 3.05) is 59.6 Å². The number of halogens is 1. The second-order valence-corrected chi connectivity index (χ2v) is 8.55. The van der Waals surface area contributed by atoms with Gasteiger partial charge in [-0.3, -0.25) is 9.89 Å². The molecule has 2 rings (SSSR count). The quantitative estimate of drug-likeness (QED) is 0.256. The van der Waals surface area contributed by atoms with Crippen LogP contribution in [0.1, 0.15) is 33.3 Å². The number of β-amino-alcohol motifs (C(OH)–C–C–N with tert-alkyl or cyclic N) is 1. The molecule has 30 heavy (non-hydrogen) atoms. The van der Waals surface area contributed by atoms with E-state index in [1.165, 1.54) is 5.56 Å². The van der Waals surface area contributed by atoms with Crippen molar-refractivity contribution in [2.45, 2.75) is 38.7 Å². The molecule has 1 aromatic rings. The average molecular weight is 534 g/mol. The van der Waals surface area contributed by atoms with Crippen LogP contribution in [0.15, 0.2) is 29.3 Å². The summed E-state index contributed by atoms with van der Waals surface area (Å²) in [6, 6.07) is 8.15. The molecule has 172 valence electrons. The summed E-state index contributed by atoms with van der Waals surface area (Å²) in [7, 11) is 1.68. The molecule has 1 atom stereocenters. The Hall–Kier alpha value is -1.10. The molecule has 0 aliphatic carbocycles. The van der Waals surface area contributed by atoms with Crippen molar-refractivity contribution < 1.29 is 14.6 Å². The summed E-state index contributed by atoms with van der Waals surface area (Å²) in [5, 5.41) is 17.5. The molecule has 1 aromatic carbocycles. The van der Waals surface area contributed by atoms with Crippen molar-refractivity contribution >= 4 is 29.9 Å². The normalized spacial score (nSPS) is 17.6. The molecule has 1 saturated heterocycles. The van der Waals surface area contributed by atoms with Crippen molar-refractivity contribution in [3.8, 4) is 5.75 Å². The number of nitrogens with one attached hydrogen (secondary N) is 2. The van der Waals surface area contributed by atoms with Crippen molar-refractivity contribution in [2.24, 2.45) is 4.99 Å². The van der Waals surface area contributed by atoms with Gasteiger partial charge in [0, 0.05) is 38.1 Å². The first-order valence-corrected chi connectivity index (χ1v) is 10.4.